The van der Waals surface area contributed by atoms with Crippen molar-refractivity contribution in [3.8, 4) is 5.75 Å². The number of ether oxygens (including phenoxy) is 2. The molecule has 0 radical (unpaired) electrons. The summed E-state index contributed by atoms with van der Waals surface area (Å²) in [5, 5.41) is 0.338. The minimum absolute atomic E-state index is 0.144. The molecule has 0 heterocycles. The summed E-state index contributed by atoms with van der Waals surface area (Å²) in [5.41, 5.74) is 4.77. The molecular formula is C17H14BrClN2O5. The molecule has 0 aromatic heterocycles. The van der Waals surface area contributed by atoms with Gasteiger partial charge in [0, 0.05) is 9.50 Å². The van der Waals surface area contributed by atoms with Crippen molar-refractivity contribution in [1.82, 2.24) is 10.9 Å². The lowest BCUT2D eigenvalue weighted by atomic mass is 10.2. The van der Waals surface area contributed by atoms with Gasteiger partial charge in [-0.05, 0) is 46.3 Å². The van der Waals surface area contributed by atoms with E-state index in [0.717, 1.165) is 0 Å². The summed E-state index contributed by atoms with van der Waals surface area (Å²) in [6.45, 7) is -0.562. The van der Waals surface area contributed by atoms with Crippen LogP contribution in [-0.4, -0.2) is 31.5 Å². The standard InChI is InChI=1S/C17H14BrClN2O5/c1-25-14-7-6-10(19)8-12(14)16(23)21-20-15(22)9-26-17(24)11-4-2-3-5-13(11)18/h2-8H,9H2,1H3,(H,20,22)(H,21,23). The van der Waals surface area contributed by atoms with E-state index in [1.54, 1.807) is 30.3 Å². The topological polar surface area (TPSA) is 93.7 Å². The molecule has 0 saturated carbocycles. The van der Waals surface area contributed by atoms with E-state index in [9.17, 15) is 14.4 Å². The number of carbonyl (C=O) groups is 3. The zero-order chi connectivity index (χ0) is 19.1. The van der Waals surface area contributed by atoms with Gasteiger partial charge in [-0.15, -0.1) is 0 Å². The van der Waals surface area contributed by atoms with Crippen LogP contribution in [0.4, 0.5) is 0 Å². The van der Waals surface area contributed by atoms with Crippen LogP contribution in [0.1, 0.15) is 20.7 Å². The average Bonchev–Trinajstić information content (AvgIpc) is 2.64. The zero-order valence-corrected chi connectivity index (χ0v) is 15.9. The minimum Gasteiger partial charge on any atom is -0.496 e. The van der Waals surface area contributed by atoms with Crippen molar-refractivity contribution >= 4 is 45.3 Å². The number of methoxy groups -OCH3 is 1. The van der Waals surface area contributed by atoms with E-state index in [2.05, 4.69) is 26.8 Å². The van der Waals surface area contributed by atoms with Crippen LogP contribution < -0.4 is 15.6 Å². The lowest BCUT2D eigenvalue weighted by molar-refractivity contribution is -0.125. The zero-order valence-electron chi connectivity index (χ0n) is 13.5. The van der Waals surface area contributed by atoms with Gasteiger partial charge >= 0.3 is 5.97 Å². The van der Waals surface area contributed by atoms with Crippen molar-refractivity contribution in [2.24, 2.45) is 0 Å². The van der Waals surface area contributed by atoms with E-state index in [0.29, 0.717) is 15.2 Å². The van der Waals surface area contributed by atoms with Crippen LogP contribution in [0.3, 0.4) is 0 Å². The molecule has 2 aromatic rings. The highest BCUT2D eigenvalue weighted by Gasteiger charge is 2.15. The van der Waals surface area contributed by atoms with Crippen LogP contribution in [-0.2, 0) is 9.53 Å². The molecule has 2 rings (SSSR count). The minimum atomic E-state index is -0.709. The van der Waals surface area contributed by atoms with Crippen molar-refractivity contribution < 1.29 is 23.9 Å². The Morgan fingerprint density at radius 2 is 1.81 bits per heavy atom. The monoisotopic (exact) mass is 440 g/mol. The molecule has 0 aliphatic rings. The number of hydrogen-bond donors (Lipinski definition) is 2. The molecule has 9 heteroatoms. The predicted octanol–water partition coefficient (Wildman–Crippen LogP) is 2.73. The van der Waals surface area contributed by atoms with Crippen molar-refractivity contribution in [1.29, 1.82) is 0 Å². The number of hydrogen-bond acceptors (Lipinski definition) is 5. The van der Waals surface area contributed by atoms with Gasteiger partial charge in [-0.1, -0.05) is 23.7 Å². The van der Waals surface area contributed by atoms with Gasteiger partial charge in [-0.3, -0.25) is 20.4 Å². The fourth-order valence-electron chi connectivity index (χ4n) is 1.92. The molecule has 26 heavy (non-hydrogen) atoms. The van der Waals surface area contributed by atoms with Gasteiger partial charge in [-0.25, -0.2) is 4.79 Å². The highest BCUT2D eigenvalue weighted by atomic mass is 79.9. The first-order valence-corrected chi connectivity index (χ1v) is 8.44. The van der Waals surface area contributed by atoms with E-state index in [-0.39, 0.29) is 11.1 Å². The second kappa shape index (κ2) is 9.21. The number of rotatable bonds is 5. The Labute approximate surface area is 162 Å². The van der Waals surface area contributed by atoms with Crippen LogP contribution in [0.15, 0.2) is 46.9 Å². The molecule has 0 spiro atoms. The fraction of sp³-hybridized carbons (Fsp3) is 0.118. The van der Waals surface area contributed by atoms with Crippen molar-refractivity contribution in [3.63, 3.8) is 0 Å². The second-order valence-electron chi connectivity index (χ2n) is 4.90. The van der Waals surface area contributed by atoms with Gasteiger partial charge in [0.25, 0.3) is 11.8 Å². The number of hydrazine groups is 1. The number of amides is 2. The Bertz CT molecular complexity index is 844. The molecule has 2 N–H and O–H groups in total. The van der Waals surface area contributed by atoms with Crippen LogP contribution in [0.2, 0.25) is 5.02 Å². The van der Waals surface area contributed by atoms with E-state index < -0.39 is 24.4 Å². The molecule has 0 aliphatic carbocycles. The van der Waals surface area contributed by atoms with Gasteiger partial charge < -0.3 is 9.47 Å². The Kier molecular flexibility index (Phi) is 6.99. The summed E-state index contributed by atoms with van der Waals surface area (Å²) in [6.07, 6.45) is 0. The summed E-state index contributed by atoms with van der Waals surface area (Å²) < 4.78 is 10.5. The quantitative estimate of drug-likeness (QED) is 0.550. The third kappa shape index (κ3) is 5.21. The van der Waals surface area contributed by atoms with Gasteiger partial charge in [0.2, 0.25) is 0 Å². The van der Waals surface area contributed by atoms with E-state index >= 15 is 0 Å². The maximum atomic E-state index is 12.1. The Hall–Kier alpha value is -2.58. The summed E-state index contributed by atoms with van der Waals surface area (Å²) in [5.74, 6) is -1.72. The summed E-state index contributed by atoms with van der Waals surface area (Å²) in [7, 11) is 1.40. The Morgan fingerprint density at radius 1 is 1.08 bits per heavy atom. The molecule has 0 bridgehead atoms. The van der Waals surface area contributed by atoms with Gasteiger partial charge in [0.1, 0.15) is 5.75 Å². The maximum Gasteiger partial charge on any atom is 0.339 e. The normalized spacial score (nSPS) is 9.96. The first kappa shape index (κ1) is 19.7. The number of benzene rings is 2. The van der Waals surface area contributed by atoms with Crippen LogP contribution >= 0.6 is 27.5 Å². The summed E-state index contributed by atoms with van der Waals surface area (Å²) in [4.78, 5) is 35.8. The number of esters is 1. The lowest BCUT2D eigenvalue weighted by Crippen LogP contribution is -2.43. The SMILES string of the molecule is COc1ccc(Cl)cc1C(=O)NNC(=O)COC(=O)c1ccccc1Br. The van der Waals surface area contributed by atoms with Crippen LogP contribution in [0, 0.1) is 0 Å². The number of carbonyl (C=O) groups excluding carboxylic acids is 3. The van der Waals surface area contributed by atoms with E-state index in [1.165, 1.54) is 19.2 Å². The highest BCUT2D eigenvalue weighted by molar-refractivity contribution is 9.10. The summed E-state index contributed by atoms with van der Waals surface area (Å²) >= 11 is 9.07. The molecule has 2 amide bonds. The van der Waals surface area contributed by atoms with Gasteiger partial charge in [0.15, 0.2) is 6.61 Å². The first-order valence-electron chi connectivity index (χ1n) is 7.26. The smallest absolute Gasteiger partial charge is 0.339 e. The van der Waals surface area contributed by atoms with Gasteiger partial charge in [0.05, 0.1) is 18.2 Å². The van der Waals surface area contributed by atoms with Crippen molar-refractivity contribution in [2.45, 2.75) is 0 Å². The highest BCUT2D eigenvalue weighted by Crippen LogP contribution is 2.22. The van der Waals surface area contributed by atoms with Crippen LogP contribution in [0.25, 0.3) is 0 Å². The van der Waals surface area contributed by atoms with Gasteiger partial charge in [-0.2, -0.15) is 0 Å². The fourth-order valence-corrected chi connectivity index (χ4v) is 2.54. The van der Waals surface area contributed by atoms with E-state index in [4.69, 9.17) is 21.1 Å². The van der Waals surface area contributed by atoms with Crippen LogP contribution in [0.5, 0.6) is 5.75 Å². The Morgan fingerprint density at radius 3 is 2.50 bits per heavy atom. The third-order valence-electron chi connectivity index (χ3n) is 3.15. The second-order valence-corrected chi connectivity index (χ2v) is 6.19. The molecular weight excluding hydrogens is 428 g/mol. The third-order valence-corrected chi connectivity index (χ3v) is 4.08. The largest absolute Gasteiger partial charge is 0.496 e. The number of nitrogens with one attached hydrogen (secondary N) is 2. The average molecular weight is 442 g/mol. The van der Waals surface area contributed by atoms with Crippen molar-refractivity contribution in [3.05, 3.63) is 63.1 Å². The first-order chi connectivity index (χ1) is 12.4. The van der Waals surface area contributed by atoms with Crippen molar-refractivity contribution in [2.75, 3.05) is 13.7 Å². The summed E-state index contributed by atoms with van der Waals surface area (Å²) in [6, 6.07) is 11.1. The maximum absolute atomic E-state index is 12.1. The molecule has 0 aliphatic heterocycles. The molecule has 2 aromatic carbocycles. The molecule has 7 nitrogen and oxygen atoms in total. The van der Waals surface area contributed by atoms with E-state index in [1.807, 2.05) is 0 Å². The lowest BCUT2D eigenvalue weighted by Gasteiger charge is -2.11. The molecule has 0 atom stereocenters. The number of halogens is 2. The molecule has 0 fully saturated rings. The molecule has 0 unspecified atom stereocenters. The molecule has 136 valence electrons. The molecule has 0 saturated heterocycles. The predicted molar refractivity (Wildman–Crippen MR) is 98.0 cm³/mol. The Balaban J connectivity index is 1.87.